The summed E-state index contributed by atoms with van der Waals surface area (Å²) in [5.74, 6) is -0.622. The number of ether oxygens (including phenoxy) is 1. The summed E-state index contributed by atoms with van der Waals surface area (Å²) in [6.45, 7) is -0.200. The summed E-state index contributed by atoms with van der Waals surface area (Å²) in [4.78, 5) is 12.8. The van der Waals surface area contributed by atoms with Crippen molar-refractivity contribution < 1.29 is 22.7 Å². The van der Waals surface area contributed by atoms with Gasteiger partial charge in [-0.25, -0.2) is 4.79 Å². The van der Waals surface area contributed by atoms with Crippen molar-refractivity contribution in [1.82, 2.24) is 0 Å². The molecule has 7 heteroatoms. The van der Waals surface area contributed by atoms with Crippen molar-refractivity contribution in [3.63, 3.8) is 0 Å². The number of rotatable bonds is 4. The molecular weight excluding hydrogens is 261 g/mol. The van der Waals surface area contributed by atoms with Crippen LogP contribution < -0.4 is 10.6 Å². The van der Waals surface area contributed by atoms with Gasteiger partial charge in [0.2, 0.25) is 0 Å². The van der Waals surface area contributed by atoms with Crippen molar-refractivity contribution in [2.45, 2.75) is 12.6 Å². The van der Waals surface area contributed by atoms with Gasteiger partial charge in [0.15, 0.2) is 0 Å². The summed E-state index contributed by atoms with van der Waals surface area (Å²) in [7, 11) is 2.72. The summed E-state index contributed by atoms with van der Waals surface area (Å²) in [5, 5.41) is 0. The minimum Gasteiger partial charge on any atom is -0.465 e. The second-order valence-corrected chi connectivity index (χ2v) is 4.05. The van der Waals surface area contributed by atoms with Crippen LogP contribution in [0.25, 0.3) is 0 Å². The van der Waals surface area contributed by atoms with E-state index in [1.165, 1.54) is 31.2 Å². The van der Waals surface area contributed by atoms with E-state index in [9.17, 15) is 18.0 Å². The van der Waals surface area contributed by atoms with E-state index in [0.29, 0.717) is 5.69 Å². The molecule has 4 nitrogen and oxygen atoms in total. The Balaban J connectivity index is 2.86. The molecule has 0 aliphatic heterocycles. The van der Waals surface area contributed by atoms with Crippen LogP contribution in [0.3, 0.4) is 0 Å². The van der Waals surface area contributed by atoms with E-state index in [4.69, 9.17) is 5.73 Å². The molecule has 2 N–H and O–H groups in total. The molecule has 0 saturated carbocycles. The van der Waals surface area contributed by atoms with Crippen LogP contribution in [-0.4, -0.2) is 32.8 Å². The summed E-state index contributed by atoms with van der Waals surface area (Å²) in [6, 6.07) is 4.43. The monoisotopic (exact) mass is 276 g/mol. The van der Waals surface area contributed by atoms with E-state index in [1.807, 2.05) is 0 Å². The molecular formula is C12H15F3N2O2. The maximum absolute atomic E-state index is 12.1. The average molecular weight is 276 g/mol. The maximum atomic E-state index is 12.1. The van der Waals surface area contributed by atoms with E-state index >= 15 is 0 Å². The molecule has 0 aliphatic rings. The molecule has 0 aliphatic carbocycles. The lowest BCUT2D eigenvalue weighted by atomic mass is 10.1. The number of halogens is 3. The molecule has 0 bridgehead atoms. The Labute approximate surface area is 108 Å². The van der Waals surface area contributed by atoms with Gasteiger partial charge in [0, 0.05) is 25.0 Å². The Morgan fingerprint density at radius 3 is 2.58 bits per heavy atom. The van der Waals surface area contributed by atoms with Crippen LogP contribution in [0.4, 0.5) is 24.5 Å². The van der Waals surface area contributed by atoms with Crippen LogP contribution in [0.5, 0.6) is 0 Å². The second kappa shape index (κ2) is 5.81. The molecule has 1 aromatic carbocycles. The average Bonchev–Trinajstić information content (AvgIpc) is 2.34. The van der Waals surface area contributed by atoms with E-state index in [0.717, 1.165) is 0 Å². The normalized spacial score (nSPS) is 11.2. The Morgan fingerprint density at radius 2 is 2.05 bits per heavy atom. The van der Waals surface area contributed by atoms with Crippen LogP contribution in [0.15, 0.2) is 18.2 Å². The first-order valence-electron chi connectivity index (χ1n) is 5.50. The first-order valence-corrected chi connectivity index (χ1v) is 5.50. The molecule has 0 spiro atoms. The Bertz CT molecular complexity index is 461. The minimum absolute atomic E-state index is 0.138. The lowest BCUT2D eigenvalue weighted by Gasteiger charge is -2.21. The fourth-order valence-electron chi connectivity index (χ4n) is 1.49. The second-order valence-electron chi connectivity index (χ2n) is 4.05. The number of benzene rings is 1. The quantitative estimate of drug-likeness (QED) is 0.678. The lowest BCUT2D eigenvalue weighted by molar-refractivity contribution is -0.132. The van der Waals surface area contributed by atoms with Gasteiger partial charge in [0.25, 0.3) is 0 Å². The minimum atomic E-state index is -4.22. The number of methoxy groups -OCH3 is 1. The zero-order chi connectivity index (χ0) is 14.6. The van der Waals surface area contributed by atoms with Crippen molar-refractivity contribution >= 4 is 17.3 Å². The number of carbonyl (C=O) groups is 1. The molecule has 106 valence electrons. The van der Waals surface area contributed by atoms with Crippen molar-refractivity contribution in [2.24, 2.45) is 0 Å². The highest BCUT2D eigenvalue weighted by Gasteiger charge is 2.27. The lowest BCUT2D eigenvalue weighted by Crippen LogP contribution is -2.24. The predicted octanol–water partition coefficient (Wildman–Crippen LogP) is 2.44. The Hall–Kier alpha value is -1.92. The molecule has 0 saturated heterocycles. The largest absolute Gasteiger partial charge is 0.465 e. The number of nitrogens with zero attached hydrogens (tertiary/aromatic N) is 1. The third-order valence-electron chi connectivity index (χ3n) is 2.61. The van der Waals surface area contributed by atoms with Gasteiger partial charge in [-0.1, -0.05) is 0 Å². The first kappa shape index (κ1) is 15.1. The Morgan fingerprint density at radius 1 is 1.42 bits per heavy atom. The van der Waals surface area contributed by atoms with Crippen LogP contribution in [0, 0.1) is 0 Å². The number of nitrogen functional groups attached to an aromatic ring is 1. The number of alkyl halides is 3. The maximum Gasteiger partial charge on any atom is 0.390 e. The predicted molar refractivity (Wildman–Crippen MR) is 66.1 cm³/mol. The van der Waals surface area contributed by atoms with Crippen LogP contribution >= 0.6 is 0 Å². The molecule has 1 rings (SSSR count). The third-order valence-corrected chi connectivity index (χ3v) is 2.61. The van der Waals surface area contributed by atoms with Gasteiger partial charge in [0.1, 0.15) is 0 Å². The van der Waals surface area contributed by atoms with Crippen LogP contribution in [0.1, 0.15) is 16.8 Å². The van der Waals surface area contributed by atoms with Gasteiger partial charge in [-0.2, -0.15) is 13.2 Å². The number of nitrogens with two attached hydrogens (primary N) is 1. The number of carbonyl (C=O) groups excluding carboxylic acids is 1. The fourth-order valence-corrected chi connectivity index (χ4v) is 1.49. The Kier molecular flexibility index (Phi) is 4.63. The van der Waals surface area contributed by atoms with Crippen molar-refractivity contribution in [3.8, 4) is 0 Å². The van der Waals surface area contributed by atoms with Gasteiger partial charge in [-0.05, 0) is 18.2 Å². The molecule has 0 unspecified atom stereocenters. The van der Waals surface area contributed by atoms with Gasteiger partial charge >= 0.3 is 12.1 Å². The molecule has 0 atom stereocenters. The van der Waals surface area contributed by atoms with Gasteiger partial charge < -0.3 is 15.4 Å². The van der Waals surface area contributed by atoms with E-state index < -0.39 is 18.6 Å². The zero-order valence-electron chi connectivity index (χ0n) is 10.6. The summed E-state index contributed by atoms with van der Waals surface area (Å²) in [6.07, 6.45) is -5.14. The van der Waals surface area contributed by atoms with Crippen molar-refractivity contribution in [1.29, 1.82) is 0 Å². The van der Waals surface area contributed by atoms with Gasteiger partial charge in [-0.3, -0.25) is 0 Å². The van der Waals surface area contributed by atoms with Crippen molar-refractivity contribution in [3.05, 3.63) is 23.8 Å². The number of hydrogen-bond donors (Lipinski definition) is 1. The van der Waals surface area contributed by atoms with Crippen LogP contribution in [-0.2, 0) is 4.74 Å². The van der Waals surface area contributed by atoms with E-state index in [1.54, 1.807) is 6.07 Å². The van der Waals surface area contributed by atoms with Gasteiger partial charge in [0.05, 0.1) is 19.1 Å². The highest BCUT2D eigenvalue weighted by molar-refractivity contribution is 5.96. The molecule has 0 fully saturated rings. The molecule has 0 heterocycles. The molecule has 1 aromatic rings. The van der Waals surface area contributed by atoms with E-state index in [2.05, 4.69) is 4.74 Å². The summed E-state index contributed by atoms with van der Waals surface area (Å²) < 4.78 is 41.0. The fraction of sp³-hybridized carbons (Fsp3) is 0.417. The molecule has 0 amide bonds. The first-order chi connectivity index (χ1) is 8.74. The zero-order valence-corrected chi connectivity index (χ0v) is 10.6. The van der Waals surface area contributed by atoms with E-state index in [-0.39, 0.29) is 17.8 Å². The highest BCUT2D eigenvalue weighted by atomic mass is 19.4. The van der Waals surface area contributed by atoms with Crippen molar-refractivity contribution in [2.75, 3.05) is 31.3 Å². The number of esters is 1. The third kappa shape index (κ3) is 4.35. The summed E-state index contributed by atoms with van der Waals surface area (Å²) in [5.41, 5.74) is 6.44. The standard InChI is InChI=1S/C12H15F3N2O2/c1-17(6-5-12(13,14)15)8-3-4-10(16)9(7-8)11(18)19-2/h3-4,7H,5-6,16H2,1-2H3. The number of anilines is 2. The van der Waals surface area contributed by atoms with Crippen LogP contribution in [0.2, 0.25) is 0 Å². The molecule has 0 radical (unpaired) electrons. The SMILES string of the molecule is COC(=O)c1cc(N(C)CCC(F)(F)F)ccc1N. The molecule has 0 aromatic heterocycles. The topological polar surface area (TPSA) is 55.6 Å². The number of hydrogen-bond acceptors (Lipinski definition) is 4. The molecule has 19 heavy (non-hydrogen) atoms. The van der Waals surface area contributed by atoms with Gasteiger partial charge in [-0.15, -0.1) is 0 Å². The smallest absolute Gasteiger partial charge is 0.390 e. The summed E-state index contributed by atoms with van der Waals surface area (Å²) >= 11 is 0. The highest BCUT2D eigenvalue weighted by Crippen LogP contribution is 2.24.